The van der Waals surface area contributed by atoms with Crippen LogP contribution in [0.3, 0.4) is 0 Å². The van der Waals surface area contributed by atoms with Gasteiger partial charge in [-0.3, -0.25) is 4.90 Å². The quantitative estimate of drug-likeness (QED) is 0.851. The van der Waals surface area contributed by atoms with E-state index in [2.05, 4.69) is 47.5 Å². The van der Waals surface area contributed by atoms with E-state index in [-0.39, 0.29) is 0 Å². The van der Waals surface area contributed by atoms with E-state index in [9.17, 15) is 0 Å². The third-order valence-electron chi connectivity index (χ3n) is 4.88. The summed E-state index contributed by atoms with van der Waals surface area (Å²) in [4.78, 5) is 2.76. The van der Waals surface area contributed by atoms with Crippen molar-refractivity contribution in [2.45, 2.75) is 51.1 Å². The van der Waals surface area contributed by atoms with Gasteiger partial charge in [-0.25, -0.2) is 0 Å². The van der Waals surface area contributed by atoms with E-state index in [1.807, 2.05) is 0 Å². The summed E-state index contributed by atoms with van der Waals surface area (Å²) in [6.07, 6.45) is 7.00. The van der Waals surface area contributed by atoms with Crippen LogP contribution in [0.25, 0.3) is 0 Å². The van der Waals surface area contributed by atoms with E-state index in [0.29, 0.717) is 6.04 Å². The summed E-state index contributed by atoms with van der Waals surface area (Å²) in [7, 11) is 0. The second kappa shape index (κ2) is 6.73. The van der Waals surface area contributed by atoms with Gasteiger partial charge >= 0.3 is 0 Å². The van der Waals surface area contributed by atoms with Gasteiger partial charge in [0.25, 0.3) is 0 Å². The standard InChI is InChI=1S/C18H28N2/c1-2-6-17-13-19-18(16-7-4-3-5-8-16)14-20(17)12-11-15-9-10-15/h3-5,7-8,15,17-19H,2,6,9-14H2,1H3. The van der Waals surface area contributed by atoms with Crippen molar-refractivity contribution in [2.75, 3.05) is 19.6 Å². The smallest absolute Gasteiger partial charge is 0.0449 e. The first-order valence-electron chi connectivity index (χ1n) is 8.39. The van der Waals surface area contributed by atoms with E-state index in [0.717, 1.165) is 18.5 Å². The number of rotatable bonds is 6. The van der Waals surface area contributed by atoms with E-state index in [4.69, 9.17) is 0 Å². The Hall–Kier alpha value is -0.860. The zero-order chi connectivity index (χ0) is 13.8. The highest BCUT2D eigenvalue weighted by Crippen LogP contribution is 2.33. The first-order valence-corrected chi connectivity index (χ1v) is 8.39. The fourth-order valence-corrected chi connectivity index (χ4v) is 3.41. The predicted octanol–water partition coefficient (Wildman–Crippen LogP) is 3.60. The molecule has 0 bridgehead atoms. The Balaban J connectivity index is 1.62. The lowest BCUT2D eigenvalue weighted by atomic mass is 9.99. The Labute approximate surface area is 123 Å². The minimum atomic E-state index is 0.517. The molecule has 1 aliphatic carbocycles. The number of nitrogens with one attached hydrogen (secondary N) is 1. The summed E-state index contributed by atoms with van der Waals surface area (Å²) >= 11 is 0. The van der Waals surface area contributed by atoms with E-state index >= 15 is 0 Å². The van der Waals surface area contributed by atoms with Crippen molar-refractivity contribution in [3.05, 3.63) is 35.9 Å². The molecule has 0 radical (unpaired) electrons. The molecule has 1 saturated carbocycles. The van der Waals surface area contributed by atoms with Crippen molar-refractivity contribution >= 4 is 0 Å². The van der Waals surface area contributed by atoms with Gasteiger partial charge in [0.05, 0.1) is 0 Å². The molecule has 1 saturated heterocycles. The maximum atomic E-state index is 3.76. The van der Waals surface area contributed by atoms with Gasteiger partial charge in [0.15, 0.2) is 0 Å². The predicted molar refractivity (Wildman–Crippen MR) is 84.8 cm³/mol. The fourth-order valence-electron chi connectivity index (χ4n) is 3.41. The first-order chi connectivity index (χ1) is 9.86. The molecular formula is C18H28N2. The minimum absolute atomic E-state index is 0.517. The summed E-state index contributed by atoms with van der Waals surface area (Å²) in [5.74, 6) is 1.04. The van der Waals surface area contributed by atoms with Gasteiger partial charge in [-0.1, -0.05) is 56.5 Å². The summed E-state index contributed by atoms with van der Waals surface area (Å²) in [6.45, 7) is 5.95. The fraction of sp³-hybridized carbons (Fsp3) is 0.667. The molecular weight excluding hydrogens is 244 g/mol. The van der Waals surface area contributed by atoms with Crippen molar-refractivity contribution < 1.29 is 0 Å². The minimum Gasteiger partial charge on any atom is -0.307 e. The van der Waals surface area contributed by atoms with Crippen molar-refractivity contribution in [3.8, 4) is 0 Å². The van der Waals surface area contributed by atoms with Crippen LogP contribution in [0.5, 0.6) is 0 Å². The van der Waals surface area contributed by atoms with Crippen LogP contribution in [0.2, 0.25) is 0 Å². The third-order valence-corrected chi connectivity index (χ3v) is 4.88. The molecule has 1 N–H and O–H groups in total. The number of nitrogens with zero attached hydrogens (tertiary/aromatic N) is 1. The van der Waals surface area contributed by atoms with Crippen LogP contribution >= 0.6 is 0 Å². The normalized spacial score (nSPS) is 27.6. The van der Waals surface area contributed by atoms with Crippen LogP contribution < -0.4 is 5.32 Å². The maximum absolute atomic E-state index is 3.76. The molecule has 3 rings (SSSR count). The molecule has 2 fully saturated rings. The first kappa shape index (κ1) is 14.1. The molecule has 2 heteroatoms. The van der Waals surface area contributed by atoms with Crippen LogP contribution in [0.15, 0.2) is 30.3 Å². The summed E-state index contributed by atoms with van der Waals surface area (Å²) in [5.41, 5.74) is 1.44. The van der Waals surface area contributed by atoms with Crippen molar-refractivity contribution in [3.63, 3.8) is 0 Å². The summed E-state index contributed by atoms with van der Waals surface area (Å²) < 4.78 is 0. The highest BCUT2D eigenvalue weighted by Gasteiger charge is 2.29. The molecule has 1 aromatic rings. The lowest BCUT2D eigenvalue weighted by molar-refractivity contribution is 0.119. The summed E-state index contributed by atoms with van der Waals surface area (Å²) in [6, 6.07) is 12.2. The van der Waals surface area contributed by atoms with Gasteiger partial charge in [-0.2, -0.15) is 0 Å². The van der Waals surface area contributed by atoms with Crippen molar-refractivity contribution in [2.24, 2.45) is 5.92 Å². The SMILES string of the molecule is CCCC1CNC(c2ccccc2)CN1CCC1CC1. The summed E-state index contributed by atoms with van der Waals surface area (Å²) in [5, 5.41) is 3.76. The Morgan fingerprint density at radius 2 is 1.95 bits per heavy atom. The number of hydrogen-bond donors (Lipinski definition) is 1. The molecule has 2 unspecified atom stereocenters. The van der Waals surface area contributed by atoms with E-state index < -0.39 is 0 Å². The Bertz CT molecular complexity index is 399. The molecule has 2 nitrogen and oxygen atoms in total. The average molecular weight is 272 g/mol. The Morgan fingerprint density at radius 3 is 2.65 bits per heavy atom. The highest BCUT2D eigenvalue weighted by atomic mass is 15.2. The molecule has 1 aromatic carbocycles. The zero-order valence-electron chi connectivity index (χ0n) is 12.7. The van der Waals surface area contributed by atoms with E-state index in [1.165, 1.54) is 50.8 Å². The molecule has 110 valence electrons. The number of hydrogen-bond acceptors (Lipinski definition) is 2. The molecule has 2 aliphatic rings. The van der Waals surface area contributed by atoms with Crippen LogP contribution in [-0.2, 0) is 0 Å². The van der Waals surface area contributed by atoms with Gasteiger partial charge in [-0.15, -0.1) is 0 Å². The lowest BCUT2D eigenvalue weighted by Gasteiger charge is -2.41. The molecule has 1 heterocycles. The third kappa shape index (κ3) is 3.62. The topological polar surface area (TPSA) is 15.3 Å². The number of piperazine rings is 1. The molecule has 20 heavy (non-hydrogen) atoms. The van der Waals surface area contributed by atoms with Gasteiger partial charge < -0.3 is 5.32 Å². The second-order valence-electron chi connectivity index (χ2n) is 6.54. The second-order valence-corrected chi connectivity index (χ2v) is 6.54. The largest absolute Gasteiger partial charge is 0.307 e. The van der Waals surface area contributed by atoms with Crippen molar-refractivity contribution in [1.29, 1.82) is 0 Å². The lowest BCUT2D eigenvalue weighted by Crippen LogP contribution is -2.52. The molecule has 1 aliphatic heterocycles. The molecule has 0 spiro atoms. The Morgan fingerprint density at radius 1 is 1.15 bits per heavy atom. The van der Waals surface area contributed by atoms with Crippen LogP contribution in [0.4, 0.5) is 0 Å². The van der Waals surface area contributed by atoms with Gasteiger partial charge in [-0.05, 0) is 30.9 Å². The monoisotopic (exact) mass is 272 g/mol. The van der Waals surface area contributed by atoms with Gasteiger partial charge in [0.1, 0.15) is 0 Å². The van der Waals surface area contributed by atoms with Gasteiger partial charge in [0, 0.05) is 25.2 Å². The zero-order valence-corrected chi connectivity index (χ0v) is 12.7. The van der Waals surface area contributed by atoms with E-state index in [1.54, 1.807) is 0 Å². The number of benzene rings is 1. The highest BCUT2D eigenvalue weighted by molar-refractivity contribution is 5.20. The maximum Gasteiger partial charge on any atom is 0.0449 e. The molecule has 2 atom stereocenters. The molecule has 0 amide bonds. The van der Waals surface area contributed by atoms with Crippen molar-refractivity contribution in [1.82, 2.24) is 10.2 Å². The van der Waals surface area contributed by atoms with Gasteiger partial charge in [0.2, 0.25) is 0 Å². The Kier molecular flexibility index (Phi) is 4.74. The van der Waals surface area contributed by atoms with Crippen LogP contribution in [0, 0.1) is 5.92 Å². The molecule has 0 aromatic heterocycles. The van der Waals surface area contributed by atoms with Crippen LogP contribution in [0.1, 0.15) is 50.6 Å². The average Bonchev–Trinajstić information content (AvgIpc) is 3.32. The van der Waals surface area contributed by atoms with Crippen LogP contribution in [-0.4, -0.2) is 30.6 Å².